The predicted octanol–water partition coefficient (Wildman–Crippen LogP) is -2.99. The average molecular weight is 213 g/mol. The Morgan fingerprint density at radius 2 is 0.900 bits per heavy atom. The van der Waals surface area contributed by atoms with Gasteiger partial charge in [0.2, 0.25) is 0 Å². The van der Waals surface area contributed by atoms with E-state index in [1.807, 2.05) is 0 Å². The summed E-state index contributed by atoms with van der Waals surface area (Å²) in [6, 6.07) is 0. The molecule has 0 radical (unpaired) electrons. The monoisotopic (exact) mass is 212 g/mol. The molecule has 0 aromatic rings. The zero-order valence-electron chi connectivity index (χ0n) is 4.44. The topological polar surface area (TPSA) is 121 Å². The third-order valence-corrected chi connectivity index (χ3v) is 0. The Hall–Kier alpha value is 0.414. The number of hydrogen-bond acceptors (Lipinski definition) is 6. The maximum atomic E-state index is 10.5. The van der Waals surface area contributed by atoms with Crippen molar-refractivity contribution in [1.29, 1.82) is 0 Å². The van der Waals surface area contributed by atoms with Crippen molar-refractivity contribution in [2.24, 2.45) is 0 Å². The normalized spacial score (nSPS) is 12.0. The maximum absolute atomic E-state index is 10.5. The van der Waals surface area contributed by atoms with Crippen LogP contribution in [-0.4, -0.2) is 46.0 Å². The Morgan fingerprint density at radius 1 is 0.900 bits per heavy atom. The largest absolute Gasteiger partial charge is 0.711 e. The summed E-state index contributed by atoms with van der Waals surface area (Å²) in [4.78, 5) is 43.9. The summed E-state index contributed by atoms with van der Waals surface area (Å²) in [7, 11) is -9.25. The van der Waals surface area contributed by atoms with Crippen LogP contribution in [0.1, 0.15) is 0 Å². The van der Waals surface area contributed by atoms with Crippen LogP contribution < -0.4 is 0 Å². The van der Waals surface area contributed by atoms with E-state index < -0.39 is 17.3 Å². The van der Waals surface area contributed by atoms with Crippen molar-refractivity contribution < 1.29 is 32.9 Å². The molecule has 0 atom stereocenters. The number of halogens is 2. The van der Waals surface area contributed by atoms with E-state index in [1.54, 1.807) is 0 Å². The van der Waals surface area contributed by atoms with E-state index in [9.17, 15) is 4.11 Å². The van der Waals surface area contributed by atoms with Gasteiger partial charge in [0.25, 0.3) is 0 Å². The molecule has 0 aromatic carbocycles. The molecule has 64 valence electrons. The van der Waals surface area contributed by atoms with Crippen molar-refractivity contribution in [3.8, 4) is 0 Å². The van der Waals surface area contributed by atoms with Crippen molar-refractivity contribution >= 4 is 28.3 Å². The third-order valence-electron chi connectivity index (χ3n) is 0. The van der Waals surface area contributed by atoms with Gasteiger partial charge in [-0.3, -0.25) is 0 Å². The molecular weight excluding hydrogens is 207 g/mol. The molecule has 0 aliphatic heterocycles. The van der Waals surface area contributed by atoms with Crippen LogP contribution in [-0.2, 0) is 0 Å². The summed E-state index contributed by atoms with van der Waals surface area (Å²) < 4.78 is 10.5. The van der Waals surface area contributed by atoms with Crippen molar-refractivity contribution in [2.45, 2.75) is 0 Å². The first-order valence-corrected chi connectivity index (χ1v) is 6.29. The van der Waals surface area contributed by atoms with Crippen LogP contribution in [0.2, 0.25) is 0 Å². The van der Waals surface area contributed by atoms with Crippen molar-refractivity contribution in [2.75, 3.05) is 0 Å². The summed E-state index contributed by atoms with van der Waals surface area (Å²) in [5.41, 5.74) is 0. The second-order valence-corrected chi connectivity index (χ2v) is 4.84. The molecule has 0 saturated carbocycles. The van der Waals surface area contributed by atoms with Gasteiger partial charge < -0.3 is 28.8 Å². The summed E-state index contributed by atoms with van der Waals surface area (Å²) in [5, 5.41) is 0. The number of hydrogen-bond donors (Lipinski definition) is 6. The molecule has 10 heavy (non-hydrogen) atoms. The molecule has 0 rings (SSSR count). The van der Waals surface area contributed by atoms with Crippen LogP contribution in [0.25, 0.3) is 0 Å². The summed E-state index contributed by atoms with van der Waals surface area (Å²) in [6.07, 6.45) is 0. The van der Waals surface area contributed by atoms with Crippen LogP contribution in [0.3, 0.4) is 0 Å². The minimum Gasteiger partial charge on any atom is -0.378 e. The first-order chi connectivity index (χ1) is 4.00. The van der Waals surface area contributed by atoms with E-state index in [2.05, 4.69) is 11.1 Å². The SMILES string of the molecule is O[Si](O)(O)Cl.O[Si](O)(O)F. The minimum atomic E-state index is -5.11. The van der Waals surface area contributed by atoms with Gasteiger partial charge in [-0.2, -0.15) is 0 Å². The molecule has 0 aliphatic carbocycles. The Morgan fingerprint density at radius 3 is 0.900 bits per heavy atom. The van der Waals surface area contributed by atoms with Gasteiger partial charge in [0.1, 0.15) is 0 Å². The molecule has 6 nitrogen and oxygen atoms in total. The zero-order chi connectivity index (χ0) is 9.00. The first kappa shape index (κ1) is 13.0. The first-order valence-electron chi connectivity index (χ1n) is 1.72. The van der Waals surface area contributed by atoms with Gasteiger partial charge in [-0.15, -0.1) is 0 Å². The fraction of sp³-hybridized carbons (Fsp3) is 0. The lowest BCUT2D eigenvalue weighted by Crippen LogP contribution is -2.27. The van der Waals surface area contributed by atoms with Crippen LogP contribution in [0.4, 0.5) is 4.11 Å². The summed E-state index contributed by atoms with van der Waals surface area (Å²) >= 11 is 4.34. The molecule has 0 saturated heterocycles. The lowest BCUT2D eigenvalue weighted by atomic mass is 15.8. The summed E-state index contributed by atoms with van der Waals surface area (Å²) in [6.45, 7) is 0. The second-order valence-electron chi connectivity index (χ2n) is 1.11. The van der Waals surface area contributed by atoms with Gasteiger partial charge in [-0.1, -0.05) is 11.1 Å². The van der Waals surface area contributed by atoms with Gasteiger partial charge >= 0.3 is 17.3 Å². The Kier molecular flexibility index (Phi) is 5.64. The third kappa shape index (κ3) is 2700. The smallest absolute Gasteiger partial charge is 0.378 e. The van der Waals surface area contributed by atoms with E-state index in [0.717, 1.165) is 0 Å². The second kappa shape index (κ2) is 4.32. The van der Waals surface area contributed by atoms with Crippen LogP contribution in [0.5, 0.6) is 0 Å². The van der Waals surface area contributed by atoms with Crippen LogP contribution >= 0.6 is 11.1 Å². The lowest BCUT2D eigenvalue weighted by Gasteiger charge is -1.90. The molecule has 0 spiro atoms. The number of rotatable bonds is 0. The highest BCUT2D eigenvalue weighted by Crippen LogP contribution is 1.87. The maximum Gasteiger partial charge on any atom is 0.711 e. The zero-order valence-corrected chi connectivity index (χ0v) is 7.20. The van der Waals surface area contributed by atoms with Gasteiger partial charge in [0, 0.05) is 0 Å². The molecule has 0 bridgehead atoms. The van der Waals surface area contributed by atoms with Crippen LogP contribution in [0, 0.1) is 0 Å². The van der Waals surface area contributed by atoms with Gasteiger partial charge in [0.05, 0.1) is 0 Å². The minimum absolute atomic E-state index is 4.14. The van der Waals surface area contributed by atoms with E-state index >= 15 is 0 Å². The van der Waals surface area contributed by atoms with Gasteiger partial charge in [0.15, 0.2) is 0 Å². The van der Waals surface area contributed by atoms with Gasteiger partial charge in [-0.05, 0) is 0 Å². The molecule has 0 aliphatic rings. The lowest BCUT2D eigenvalue weighted by molar-refractivity contribution is 0.165. The van der Waals surface area contributed by atoms with E-state index in [4.69, 9.17) is 28.8 Å². The quantitative estimate of drug-likeness (QED) is 0.188. The van der Waals surface area contributed by atoms with E-state index in [-0.39, 0.29) is 0 Å². The molecular formula is H6ClFO6Si2. The molecule has 0 aromatic heterocycles. The Labute approximate surface area is 62.0 Å². The highest BCUT2D eigenvalue weighted by atomic mass is 35.6. The van der Waals surface area contributed by atoms with Crippen molar-refractivity contribution in [3.63, 3.8) is 0 Å². The fourth-order valence-electron chi connectivity index (χ4n) is 0. The van der Waals surface area contributed by atoms with E-state index in [1.165, 1.54) is 0 Å². The van der Waals surface area contributed by atoms with Crippen molar-refractivity contribution in [3.05, 3.63) is 0 Å². The van der Waals surface area contributed by atoms with Crippen LogP contribution in [0.15, 0.2) is 0 Å². The summed E-state index contributed by atoms with van der Waals surface area (Å²) in [5.74, 6) is 0. The predicted molar refractivity (Wildman–Crippen MR) is 31.8 cm³/mol. The molecule has 10 heteroatoms. The fourth-order valence-corrected chi connectivity index (χ4v) is 0. The molecule has 0 fully saturated rings. The molecule has 6 N–H and O–H groups in total. The van der Waals surface area contributed by atoms with E-state index in [0.29, 0.717) is 0 Å². The molecule has 0 heterocycles. The standard InChI is InChI=1S/ClH3O3Si.FH3O3Si/c2*1-5(2,3)4/h2*2-4H. The highest BCUT2D eigenvalue weighted by Gasteiger charge is 2.26. The molecule has 0 amide bonds. The Bertz CT molecular complexity index is 58.7. The highest BCUT2D eigenvalue weighted by molar-refractivity contribution is 7.06. The Balaban J connectivity index is 0. The average Bonchev–Trinajstić information content (AvgIpc) is 1.12. The van der Waals surface area contributed by atoms with Gasteiger partial charge in [-0.25, -0.2) is 4.11 Å². The molecule has 0 unspecified atom stereocenters. The van der Waals surface area contributed by atoms with Crippen molar-refractivity contribution in [1.82, 2.24) is 0 Å².